The largest absolute Gasteiger partial charge is 0.496 e. The number of rotatable bonds is 5. The number of amides is 2. The maximum absolute atomic E-state index is 12.1. The number of carbonyl (C=O) groups is 3. The summed E-state index contributed by atoms with van der Waals surface area (Å²) in [5.74, 6) is -1.51. The molecule has 0 saturated carbocycles. The highest BCUT2D eigenvalue weighted by Crippen LogP contribution is 2.30. The zero-order chi connectivity index (χ0) is 19.4. The van der Waals surface area contributed by atoms with Gasteiger partial charge in [0.2, 0.25) is 0 Å². The minimum atomic E-state index is -0.665. The van der Waals surface area contributed by atoms with E-state index < -0.39 is 24.4 Å². The normalized spacial score (nSPS) is 12.2. The molecule has 27 heavy (non-hydrogen) atoms. The molecule has 0 bridgehead atoms. The Labute approximate surface area is 164 Å². The summed E-state index contributed by atoms with van der Waals surface area (Å²) in [5.41, 5.74) is 5.76. The number of methoxy groups -OCH3 is 1. The van der Waals surface area contributed by atoms with E-state index in [1.807, 2.05) is 6.07 Å². The fourth-order valence-electron chi connectivity index (χ4n) is 2.72. The van der Waals surface area contributed by atoms with Gasteiger partial charge in [-0.1, -0.05) is 11.6 Å². The summed E-state index contributed by atoms with van der Waals surface area (Å²) in [4.78, 5) is 37.7. The van der Waals surface area contributed by atoms with E-state index in [0.717, 1.165) is 19.3 Å². The lowest BCUT2D eigenvalue weighted by Gasteiger charge is -2.10. The van der Waals surface area contributed by atoms with Crippen LogP contribution in [0.25, 0.3) is 0 Å². The molecule has 0 fully saturated rings. The van der Waals surface area contributed by atoms with Crippen LogP contribution in [0.15, 0.2) is 24.3 Å². The van der Waals surface area contributed by atoms with Crippen LogP contribution in [0, 0.1) is 0 Å². The highest BCUT2D eigenvalue weighted by Gasteiger charge is 2.20. The summed E-state index contributed by atoms with van der Waals surface area (Å²) in [6, 6.07) is 6.35. The van der Waals surface area contributed by atoms with Crippen molar-refractivity contribution in [2.75, 3.05) is 13.7 Å². The van der Waals surface area contributed by atoms with Gasteiger partial charge in [-0.25, -0.2) is 4.79 Å². The fraction of sp³-hybridized carbons (Fsp3) is 0.278. The van der Waals surface area contributed by atoms with Gasteiger partial charge >= 0.3 is 5.97 Å². The topological polar surface area (TPSA) is 93.7 Å². The number of nitrogens with one attached hydrogen (secondary N) is 2. The average molecular weight is 409 g/mol. The monoisotopic (exact) mass is 408 g/mol. The van der Waals surface area contributed by atoms with E-state index in [2.05, 4.69) is 10.9 Å². The fourth-order valence-corrected chi connectivity index (χ4v) is 4.04. The second kappa shape index (κ2) is 8.41. The van der Waals surface area contributed by atoms with Gasteiger partial charge in [-0.05, 0) is 49.1 Å². The number of halogens is 1. The highest BCUT2D eigenvalue weighted by molar-refractivity contribution is 7.14. The lowest BCUT2D eigenvalue weighted by molar-refractivity contribution is -0.125. The number of hydrogen-bond acceptors (Lipinski definition) is 6. The lowest BCUT2D eigenvalue weighted by Crippen LogP contribution is -2.43. The predicted molar refractivity (Wildman–Crippen MR) is 100 cm³/mol. The average Bonchev–Trinajstić information content (AvgIpc) is 3.26. The van der Waals surface area contributed by atoms with Crippen molar-refractivity contribution in [3.63, 3.8) is 0 Å². The Hall–Kier alpha value is -2.58. The molecule has 1 aromatic heterocycles. The molecule has 2 amide bonds. The minimum Gasteiger partial charge on any atom is -0.496 e. The molecule has 2 aromatic rings. The van der Waals surface area contributed by atoms with Crippen molar-refractivity contribution in [3.05, 3.63) is 50.2 Å². The molecular weight excluding hydrogens is 392 g/mol. The number of ether oxygens (including phenoxy) is 2. The van der Waals surface area contributed by atoms with E-state index in [1.54, 1.807) is 12.1 Å². The summed E-state index contributed by atoms with van der Waals surface area (Å²) >= 11 is 7.27. The number of fused-ring (bicyclic) bond motifs is 1. The first-order valence-electron chi connectivity index (χ1n) is 8.19. The van der Waals surface area contributed by atoms with E-state index in [9.17, 15) is 14.4 Å². The van der Waals surface area contributed by atoms with Gasteiger partial charge in [0.05, 0.1) is 12.7 Å². The number of thiophene rings is 1. The predicted octanol–water partition coefficient (Wildman–Crippen LogP) is 2.52. The number of benzene rings is 1. The molecular formula is C18H17ClN2O5S. The molecule has 0 unspecified atom stereocenters. The van der Waals surface area contributed by atoms with E-state index in [4.69, 9.17) is 21.1 Å². The molecule has 1 aliphatic rings. The van der Waals surface area contributed by atoms with Crippen LogP contribution in [0.4, 0.5) is 0 Å². The van der Waals surface area contributed by atoms with Crippen LogP contribution in [0.5, 0.6) is 5.75 Å². The molecule has 0 spiro atoms. The van der Waals surface area contributed by atoms with Crippen LogP contribution >= 0.6 is 22.9 Å². The van der Waals surface area contributed by atoms with Gasteiger partial charge in [-0.15, -0.1) is 11.3 Å². The quantitative estimate of drug-likeness (QED) is 0.585. The van der Waals surface area contributed by atoms with Crippen molar-refractivity contribution < 1.29 is 23.9 Å². The van der Waals surface area contributed by atoms with Crippen molar-refractivity contribution >= 4 is 40.7 Å². The third-order valence-electron chi connectivity index (χ3n) is 4.00. The third-order valence-corrected chi connectivity index (χ3v) is 5.46. The van der Waals surface area contributed by atoms with Gasteiger partial charge in [-0.2, -0.15) is 0 Å². The lowest BCUT2D eigenvalue weighted by atomic mass is 10.2. The van der Waals surface area contributed by atoms with Crippen LogP contribution in [-0.4, -0.2) is 31.5 Å². The van der Waals surface area contributed by atoms with Crippen LogP contribution in [-0.2, 0) is 22.4 Å². The first kappa shape index (κ1) is 19.2. The Morgan fingerprint density at radius 1 is 1.19 bits per heavy atom. The summed E-state index contributed by atoms with van der Waals surface area (Å²) in [7, 11) is 1.42. The first-order chi connectivity index (χ1) is 13.0. The number of hydrogen-bond donors (Lipinski definition) is 2. The molecule has 0 atom stereocenters. The zero-order valence-corrected chi connectivity index (χ0v) is 16.0. The number of esters is 1. The standard InChI is InChI=1S/C18H17ClN2O5S/c1-25-13-6-5-11(19)8-12(13)17(23)21-20-16(22)9-26-18(24)15-7-10-3-2-4-14(10)27-15/h5-8H,2-4,9H2,1H3,(H,20,22)(H,21,23). The first-order valence-corrected chi connectivity index (χ1v) is 9.39. The van der Waals surface area contributed by atoms with E-state index >= 15 is 0 Å². The van der Waals surface area contributed by atoms with Crippen molar-refractivity contribution in [1.82, 2.24) is 10.9 Å². The molecule has 0 radical (unpaired) electrons. The molecule has 3 rings (SSSR count). The molecule has 1 heterocycles. The molecule has 0 saturated heterocycles. The van der Waals surface area contributed by atoms with Crippen LogP contribution < -0.4 is 15.6 Å². The number of aryl methyl sites for hydroxylation is 2. The Kier molecular flexibility index (Phi) is 5.98. The Bertz CT molecular complexity index is 874. The van der Waals surface area contributed by atoms with Gasteiger partial charge in [0.25, 0.3) is 11.8 Å². The van der Waals surface area contributed by atoms with Crippen molar-refractivity contribution in [2.24, 2.45) is 0 Å². The van der Waals surface area contributed by atoms with Gasteiger partial charge in [-0.3, -0.25) is 20.4 Å². The molecule has 7 nitrogen and oxygen atoms in total. The van der Waals surface area contributed by atoms with Crippen molar-refractivity contribution in [3.8, 4) is 5.75 Å². The minimum absolute atomic E-state index is 0.162. The zero-order valence-electron chi connectivity index (χ0n) is 14.5. The van der Waals surface area contributed by atoms with Crippen molar-refractivity contribution in [2.45, 2.75) is 19.3 Å². The van der Waals surface area contributed by atoms with E-state index in [0.29, 0.717) is 15.6 Å². The van der Waals surface area contributed by atoms with Crippen LogP contribution in [0.2, 0.25) is 5.02 Å². The van der Waals surface area contributed by atoms with E-state index in [-0.39, 0.29) is 5.56 Å². The maximum Gasteiger partial charge on any atom is 0.348 e. The van der Waals surface area contributed by atoms with Gasteiger partial charge in [0, 0.05) is 9.90 Å². The number of carbonyl (C=O) groups excluding carboxylic acids is 3. The maximum atomic E-state index is 12.1. The molecule has 142 valence electrons. The SMILES string of the molecule is COc1ccc(Cl)cc1C(=O)NNC(=O)COC(=O)c1cc2c(s1)CCC2. The summed E-state index contributed by atoms with van der Waals surface area (Å²) < 4.78 is 10.1. The second-order valence-electron chi connectivity index (χ2n) is 5.84. The number of hydrazine groups is 1. The second-order valence-corrected chi connectivity index (χ2v) is 7.41. The van der Waals surface area contributed by atoms with E-state index in [1.165, 1.54) is 35.0 Å². The Morgan fingerprint density at radius 2 is 2.00 bits per heavy atom. The Morgan fingerprint density at radius 3 is 2.74 bits per heavy atom. The molecule has 9 heteroatoms. The van der Waals surface area contributed by atoms with Gasteiger partial charge in [0.15, 0.2) is 6.61 Å². The smallest absolute Gasteiger partial charge is 0.348 e. The van der Waals surface area contributed by atoms with Crippen molar-refractivity contribution in [1.29, 1.82) is 0 Å². The Balaban J connectivity index is 1.48. The van der Waals surface area contributed by atoms with Gasteiger partial charge < -0.3 is 9.47 Å². The summed E-state index contributed by atoms with van der Waals surface area (Å²) in [5, 5.41) is 0.351. The molecule has 0 aliphatic heterocycles. The van der Waals surface area contributed by atoms with Crippen LogP contribution in [0.3, 0.4) is 0 Å². The van der Waals surface area contributed by atoms with Gasteiger partial charge in [0.1, 0.15) is 10.6 Å². The highest BCUT2D eigenvalue weighted by atomic mass is 35.5. The molecule has 1 aromatic carbocycles. The molecule has 2 N–H and O–H groups in total. The molecule has 1 aliphatic carbocycles. The third kappa shape index (κ3) is 4.58. The summed E-state index contributed by atoms with van der Waals surface area (Å²) in [6.07, 6.45) is 3.06. The summed E-state index contributed by atoms with van der Waals surface area (Å²) in [6.45, 7) is -0.506. The van der Waals surface area contributed by atoms with Crippen LogP contribution in [0.1, 0.15) is 36.9 Å².